The Balaban J connectivity index is 1.76. The number of aromatic nitrogens is 2. The molecule has 1 aromatic rings. The molecule has 2 heterocycles. The van der Waals surface area contributed by atoms with Gasteiger partial charge in [0, 0.05) is 31.2 Å². The van der Waals surface area contributed by atoms with Crippen LogP contribution in [-0.2, 0) is 11.2 Å². The van der Waals surface area contributed by atoms with Gasteiger partial charge in [0.05, 0.1) is 0 Å². The number of hydrogen-bond acceptors (Lipinski definition) is 3. The van der Waals surface area contributed by atoms with Crippen LogP contribution in [0, 0.1) is 5.92 Å². The van der Waals surface area contributed by atoms with E-state index in [1.54, 1.807) is 4.90 Å². The third-order valence-electron chi connectivity index (χ3n) is 4.46. The number of nitrogens with one attached hydrogen (secondary N) is 2. The van der Waals surface area contributed by atoms with Crippen molar-refractivity contribution in [3.8, 4) is 0 Å². The molecule has 1 aliphatic heterocycles. The van der Waals surface area contributed by atoms with Crippen molar-refractivity contribution >= 4 is 11.8 Å². The molecule has 0 unspecified atom stereocenters. The van der Waals surface area contributed by atoms with Crippen LogP contribution in [0.1, 0.15) is 62.1 Å². The quantitative estimate of drug-likeness (QED) is 0.756. The van der Waals surface area contributed by atoms with E-state index in [2.05, 4.69) is 22.4 Å². The number of rotatable bonds is 7. The van der Waals surface area contributed by atoms with Gasteiger partial charge in [-0.2, -0.15) is 5.10 Å². The van der Waals surface area contributed by atoms with E-state index in [1.165, 1.54) is 0 Å². The van der Waals surface area contributed by atoms with E-state index in [-0.39, 0.29) is 17.7 Å². The van der Waals surface area contributed by atoms with E-state index in [9.17, 15) is 9.59 Å². The van der Waals surface area contributed by atoms with Gasteiger partial charge in [0.1, 0.15) is 5.69 Å². The smallest absolute Gasteiger partial charge is 0.274 e. The highest BCUT2D eigenvalue weighted by molar-refractivity contribution is 5.92. The summed E-state index contributed by atoms with van der Waals surface area (Å²) < 4.78 is 0. The molecule has 0 aliphatic carbocycles. The summed E-state index contributed by atoms with van der Waals surface area (Å²) in [6, 6.07) is 1.81. The molecule has 0 saturated carbocycles. The highest BCUT2D eigenvalue weighted by Gasteiger charge is 2.28. The fourth-order valence-corrected chi connectivity index (χ4v) is 2.89. The number of aryl methyl sites for hydroxylation is 1. The Labute approximate surface area is 138 Å². The Morgan fingerprint density at radius 3 is 2.65 bits per heavy atom. The Morgan fingerprint density at radius 1 is 1.30 bits per heavy atom. The zero-order chi connectivity index (χ0) is 16.7. The van der Waals surface area contributed by atoms with Crippen LogP contribution in [0.4, 0.5) is 0 Å². The Bertz CT molecular complexity index is 518. The van der Waals surface area contributed by atoms with Gasteiger partial charge < -0.3 is 10.2 Å². The molecule has 0 radical (unpaired) electrons. The van der Waals surface area contributed by atoms with Gasteiger partial charge in [-0.1, -0.05) is 26.7 Å². The lowest BCUT2D eigenvalue weighted by molar-refractivity contribution is -0.126. The average molecular weight is 320 g/mol. The predicted molar refractivity (Wildman–Crippen MR) is 89.1 cm³/mol. The lowest BCUT2D eigenvalue weighted by atomic mass is 9.95. The van der Waals surface area contributed by atoms with Crippen molar-refractivity contribution in [2.24, 2.45) is 5.92 Å². The van der Waals surface area contributed by atoms with Crippen molar-refractivity contribution in [1.82, 2.24) is 20.4 Å². The zero-order valence-electron chi connectivity index (χ0n) is 14.2. The van der Waals surface area contributed by atoms with E-state index in [4.69, 9.17) is 0 Å². The first-order valence-electron chi connectivity index (χ1n) is 8.77. The number of aromatic amines is 1. The topological polar surface area (TPSA) is 78.1 Å². The molecule has 2 amide bonds. The monoisotopic (exact) mass is 320 g/mol. The Kier molecular flexibility index (Phi) is 6.62. The van der Waals surface area contributed by atoms with Crippen molar-refractivity contribution in [3.63, 3.8) is 0 Å². The summed E-state index contributed by atoms with van der Waals surface area (Å²) in [5.74, 6) is 0.134. The molecule has 128 valence electrons. The third-order valence-corrected chi connectivity index (χ3v) is 4.46. The van der Waals surface area contributed by atoms with Crippen molar-refractivity contribution in [2.45, 2.75) is 52.4 Å². The first kappa shape index (κ1) is 17.5. The first-order chi connectivity index (χ1) is 11.2. The van der Waals surface area contributed by atoms with Gasteiger partial charge in [0.25, 0.3) is 5.91 Å². The minimum Gasteiger partial charge on any atom is -0.356 e. The van der Waals surface area contributed by atoms with E-state index in [1.807, 2.05) is 13.0 Å². The summed E-state index contributed by atoms with van der Waals surface area (Å²) >= 11 is 0. The van der Waals surface area contributed by atoms with Crippen molar-refractivity contribution in [2.75, 3.05) is 19.6 Å². The molecular formula is C17H28N4O2. The van der Waals surface area contributed by atoms with Crippen LogP contribution >= 0.6 is 0 Å². The number of nitrogens with zero attached hydrogens (tertiary/aromatic N) is 2. The second-order valence-electron chi connectivity index (χ2n) is 6.20. The SMILES string of the molecule is CCCCCNC(=O)C1CCN(C(=O)c2cc(CC)[nH]n2)CC1. The van der Waals surface area contributed by atoms with E-state index in [0.717, 1.165) is 50.8 Å². The molecular weight excluding hydrogens is 292 g/mol. The summed E-state index contributed by atoms with van der Waals surface area (Å²) in [6.45, 7) is 6.18. The molecule has 23 heavy (non-hydrogen) atoms. The van der Waals surface area contributed by atoms with Crippen LogP contribution in [-0.4, -0.2) is 46.5 Å². The van der Waals surface area contributed by atoms with Crippen LogP contribution in [0.2, 0.25) is 0 Å². The second-order valence-corrected chi connectivity index (χ2v) is 6.20. The fourth-order valence-electron chi connectivity index (χ4n) is 2.89. The normalized spacial score (nSPS) is 15.7. The second kappa shape index (κ2) is 8.70. The van der Waals surface area contributed by atoms with Gasteiger partial charge in [-0.25, -0.2) is 0 Å². The third kappa shape index (κ3) is 4.81. The zero-order valence-corrected chi connectivity index (χ0v) is 14.2. The van der Waals surface area contributed by atoms with Gasteiger partial charge in [-0.3, -0.25) is 14.7 Å². The summed E-state index contributed by atoms with van der Waals surface area (Å²) in [7, 11) is 0. The Morgan fingerprint density at radius 2 is 2.04 bits per heavy atom. The first-order valence-corrected chi connectivity index (χ1v) is 8.77. The molecule has 2 N–H and O–H groups in total. The lowest BCUT2D eigenvalue weighted by Gasteiger charge is -2.30. The van der Waals surface area contributed by atoms with Gasteiger partial charge in [0.2, 0.25) is 5.91 Å². The van der Waals surface area contributed by atoms with Crippen LogP contribution in [0.15, 0.2) is 6.07 Å². The standard InChI is InChI=1S/C17H28N4O2/c1-3-5-6-9-18-16(22)13-7-10-21(11-8-13)17(23)15-12-14(4-2)19-20-15/h12-13H,3-11H2,1-2H3,(H,18,22)(H,19,20). The van der Waals surface area contributed by atoms with Gasteiger partial charge in [-0.05, 0) is 31.7 Å². The van der Waals surface area contributed by atoms with Crippen molar-refractivity contribution in [1.29, 1.82) is 0 Å². The molecule has 1 aliphatic rings. The van der Waals surface area contributed by atoms with Crippen LogP contribution in [0.3, 0.4) is 0 Å². The average Bonchev–Trinajstić information content (AvgIpc) is 3.07. The maximum Gasteiger partial charge on any atom is 0.274 e. The van der Waals surface area contributed by atoms with Crippen LogP contribution in [0.25, 0.3) is 0 Å². The largest absolute Gasteiger partial charge is 0.356 e. The van der Waals surface area contributed by atoms with Gasteiger partial charge >= 0.3 is 0 Å². The highest BCUT2D eigenvalue weighted by Crippen LogP contribution is 2.19. The number of carbonyl (C=O) groups is 2. The lowest BCUT2D eigenvalue weighted by Crippen LogP contribution is -2.43. The van der Waals surface area contributed by atoms with Gasteiger partial charge in [-0.15, -0.1) is 0 Å². The van der Waals surface area contributed by atoms with E-state index < -0.39 is 0 Å². The number of unbranched alkanes of at least 4 members (excludes halogenated alkanes) is 2. The molecule has 1 saturated heterocycles. The molecule has 6 heteroatoms. The summed E-state index contributed by atoms with van der Waals surface area (Å²) in [5.41, 5.74) is 1.44. The van der Waals surface area contributed by atoms with E-state index >= 15 is 0 Å². The van der Waals surface area contributed by atoms with Crippen LogP contribution in [0.5, 0.6) is 0 Å². The van der Waals surface area contributed by atoms with E-state index in [0.29, 0.717) is 18.8 Å². The minimum absolute atomic E-state index is 0.0334. The molecule has 2 rings (SSSR count). The number of amides is 2. The minimum atomic E-state index is -0.0391. The number of carbonyl (C=O) groups excluding carboxylic acids is 2. The van der Waals surface area contributed by atoms with Crippen LogP contribution < -0.4 is 5.32 Å². The molecule has 0 bridgehead atoms. The fraction of sp³-hybridized carbons (Fsp3) is 0.706. The molecule has 1 aromatic heterocycles. The summed E-state index contributed by atoms with van der Waals surface area (Å²) in [5, 5.41) is 9.97. The molecule has 1 fully saturated rings. The maximum atomic E-state index is 12.4. The summed E-state index contributed by atoms with van der Waals surface area (Å²) in [6.07, 6.45) is 5.64. The van der Waals surface area contributed by atoms with Gasteiger partial charge in [0.15, 0.2) is 0 Å². The predicted octanol–water partition coefficient (Wildman–Crippen LogP) is 2.13. The molecule has 6 nitrogen and oxygen atoms in total. The number of likely N-dealkylation sites (tertiary alicyclic amines) is 1. The van der Waals surface area contributed by atoms with Crippen molar-refractivity contribution < 1.29 is 9.59 Å². The highest BCUT2D eigenvalue weighted by atomic mass is 16.2. The molecule has 0 atom stereocenters. The number of hydrogen-bond donors (Lipinski definition) is 2. The number of H-pyrrole nitrogens is 1. The molecule has 0 aromatic carbocycles. The maximum absolute atomic E-state index is 12.4. The Hall–Kier alpha value is -1.85. The summed E-state index contributed by atoms with van der Waals surface area (Å²) in [4.78, 5) is 26.3. The van der Waals surface area contributed by atoms with Crippen molar-refractivity contribution in [3.05, 3.63) is 17.5 Å². The molecule has 0 spiro atoms. The number of piperidine rings is 1.